The van der Waals surface area contributed by atoms with Gasteiger partial charge < -0.3 is 5.32 Å². The molecule has 2 bridgehead atoms. The fourth-order valence-electron chi connectivity index (χ4n) is 5.41. The lowest BCUT2D eigenvalue weighted by atomic mass is 9.63. The molecular formula is C21H21ClN2O3. The zero-order valence-electron chi connectivity index (χ0n) is 15.0. The third kappa shape index (κ3) is 2.48. The van der Waals surface area contributed by atoms with Crippen molar-refractivity contribution in [2.45, 2.75) is 19.8 Å². The van der Waals surface area contributed by atoms with Crippen LogP contribution in [0.3, 0.4) is 0 Å². The number of nitrogens with zero attached hydrogens (tertiary/aromatic N) is 1. The van der Waals surface area contributed by atoms with E-state index >= 15 is 0 Å². The number of halogens is 1. The summed E-state index contributed by atoms with van der Waals surface area (Å²) < 4.78 is 0. The Balaban J connectivity index is 1.26. The normalized spacial score (nSPS) is 35.3. The second-order valence-corrected chi connectivity index (χ2v) is 8.60. The number of carbonyl (C=O) groups excluding carboxylic acids is 3. The van der Waals surface area contributed by atoms with E-state index in [9.17, 15) is 14.4 Å². The number of allylic oxidation sites excluding steroid dienone is 2. The van der Waals surface area contributed by atoms with Crippen LogP contribution in [0.2, 0.25) is 5.02 Å². The Kier molecular flexibility index (Phi) is 3.73. The van der Waals surface area contributed by atoms with Crippen LogP contribution in [0, 0.1) is 42.4 Å². The Bertz CT molecular complexity index is 859. The molecule has 4 aliphatic carbocycles. The van der Waals surface area contributed by atoms with E-state index in [1.807, 2.05) is 6.92 Å². The standard InChI is InChI=1S/C21H21ClN2O3/c1-10-15(22)3-2-4-16(10)23-17(25)7-8-24-20(26)18-11-5-6-12(14-9-13(11)14)19(18)21(24)27/h2-6,11-14,18-19H,7-9H2,1H3,(H,23,25)/t11-,12+,13-,14-,18+,19-/m1/s1. The van der Waals surface area contributed by atoms with Crippen LogP contribution in [0.15, 0.2) is 30.4 Å². The lowest BCUT2D eigenvalue weighted by Crippen LogP contribution is -2.40. The van der Waals surface area contributed by atoms with Crippen molar-refractivity contribution in [3.8, 4) is 0 Å². The van der Waals surface area contributed by atoms with Gasteiger partial charge in [-0.15, -0.1) is 0 Å². The molecule has 27 heavy (non-hydrogen) atoms. The molecule has 5 aliphatic rings. The average Bonchev–Trinajstić information content (AvgIpc) is 3.43. The Morgan fingerprint density at radius 1 is 1.15 bits per heavy atom. The lowest BCUT2D eigenvalue weighted by Gasteiger charge is -2.37. The molecule has 1 aliphatic heterocycles. The van der Waals surface area contributed by atoms with Crippen molar-refractivity contribution in [3.63, 3.8) is 0 Å². The van der Waals surface area contributed by atoms with E-state index in [0.29, 0.717) is 22.5 Å². The average molecular weight is 385 g/mol. The maximum absolute atomic E-state index is 12.9. The maximum Gasteiger partial charge on any atom is 0.233 e. The van der Waals surface area contributed by atoms with Crippen LogP contribution < -0.4 is 5.32 Å². The van der Waals surface area contributed by atoms with Crippen LogP contribution in [0.5, 0.6) is 0 Å². The highest BCUT2D eigenvalue weighted by atomic mass is 35.5. The molecule has 1 N–H and O–H groups in total. The van der Waals surface area contributed by atoms with Crippen LogP contribution in [-0.4, -0.2) is 29.2 Å². The van der Waals surface area contributed by atoms with Crippen LogP contribution in [0.1, 0.15) is 18.4 Å². The largest absolute Gasteiger partial charge is 0.326 e. The Hall–Kier alpha value is -2.14. The van der Waals surface area contributed by atoms with Crippen LogP contribution in [-0.2, 0) is 14.4 Å². The molecule has 1 saturated heterocycles. The van der Waals surface area contributed by atoms with Gasteiger partial charge in [0, 0.05) is 23.7 Å². The molecule has 3 amide bonds. The van der Waals surface area contributed by atoms with Crippen molar-refractivity contribution in [3.05, 3.63) is 40.9 Å². The third-order valence-corrected chi connectivity index (χ3v) is 7.27. The summed E-state index contributed by atoms with van der Waals surface area (Å²) in [5, 5.41) is 3.41. The van der Waals surface area contributed by atoms with Gasteiger partial charge in [0.2, 0.25) is 17.7 Å². The van der Waals surface area contributed by atoms with E-state index in [2.05, 4.69) is 17.5 Å². The number of carbonyl (C=O) groups is 3. The van der Waals surface area contributed by atoms with Crippen LogP contribution >= 0.6 is 11.6 Å². The molecule has 6 heteroatoms. The molecule has 0 aromatic heterocycles. The van der Waals surface area contributed by atoms with Crippen molar-refractivity contribution in [2.24, 2.45) is 35.5 Å². The van der Waals surface area contributed by atoms with Gasteiger partial charge >= 0.3 is 0 Å². The van der Waals surface area contributed by atoms with Gasteiger partial charge in [-0.2, -0.15) is 0 Å². The predicted octanol–water partition coefficient (Wildman–Crippen LogP) is 3.03. The van der Waals surface area contributed by atoms with E-state index in [1.54, 1.807) is 18.2 Å². The first kappa shape index (κ1) is 17.0. The molecule has 1 aromatic rings. The third-order valence-electron chi connectivity index (χ3n) is 6.86. The molecule has 1 heterocycles. The van der Waals surface area contributed by atoms with Gasteiger partial charge in [-0.1, -0.05) is 29.8 Å². The summed E-state index contributed by atoms with van der Waals surface area (Å²) in [6, 6.07) is 5.33. The number of amides is 3. The first-order valence-corrected chi connectivity index (χ1v) is 9.93. The van der Waals surface area contributed by atoms with Crippen molar-refractivity contribution in [1.82, 2.24) is 4.90 Å². The summed E-state index contributed by atoms with van der Waals surface area (Å²) in [6.07, 6.45) is 5.56. The maximum atomic E-state index is 12.9. The van der Waals surface area contributed by atoms with Gasteiger partial charge in [-0.3, -0.25) is 19.3 Å². The number of likely N-dealkylation sites (tertiary alicyclic amines) is 1. The van der Waals surface area contributed by atoms with Crippen molar-refractivity contribution in [2.75, 3.05) is 11.9 Å². The minimum atomic E-state index is -0.222. The summed E-state index contributed by atoms with van der Waals surface area (Å²) >= 11 is 6.08. The molecule has 6 rings (SSSR count). The fraction of sp³-hybridized carbons (Fsp3) is 0.476. The molecular weight excluding hydrogens is 364 g/mol. The molecule has 2 saturated carbocycles. The predicted molar refractivity (Wildman–Crippen MR) is 101 cm³/mol. The quantitative estimate of drug-likeness (QED) is 0.641. The number of hydrogen-bond donors (Lipinski definition) is 1. The van der Waals surface area contributed by atoms with E-state index < -0.39 is 0 Å². The molecule has 0 spiro atoms. The van der Waals surface area contributed by atoms with Gasteiger partial charge in [0.1, 0.15) is 0 Å². The summed E-state index contributed by atoms with van der Waals surface area (Å²) in [7, 11) is 0. The molecule has 140 valence electrons. The second kappa shape index (κ2) is 5.93. The van der Waals surface area contributed by atoms with Crippen molar-refractivity contribution in [1.29, 1.82) is 0 Å². The van der Waals surface area contributed by atoms with Crippen molar-refractivity contribution >= 4 is 35.0 Å². The number of imide groups is 1. The Morgan fingerprint density at radius 2 is 1.78 bits per heavy atom. The number of hydrogen-bond acceptors (Lipinski definition) is 3. The molecule has 0 unspecified atom stereocenters. The van der Waals surface area contributed by atoms with Gasteiger partial charge in [0.15, 0.2) is 0 Å². The monoisotopic (exact) mass is 384 g/mol. The SMILES string of the molecule is Cc1c(Cl)cccc1NC(=O)CCN1C(=O)[C@@H]2[C@H]3C=C[C@H]([C@H]4C[C@H]34)[C@@H]2C1=O. The lowest BCUT2D eigenvalue weighted by molar-refractivity contribution is -0.140. The fourth-order valence-corrected chi connectivity index (χ4v) is 5.58. The van der Waals surface area contributed by atoms with E-state index in [4.69, 9.17) is 11.6 Å². The first-order valence-electron chi connectivity index (χ1n) is 9.56. The number of benzene rings is 1. The van der Waals surface area contributed by atoms with E-state index in [0.717, 1.165) is 12.0 Å². The van der Waals surface area contributed by atoms with Crippen LogP contribution in [0.4, 0.5) is 5.69 Å². The highest BCUT2D eigenvalue weighted by molar-refractivity contribution is 6.31. The molecule has 0 radical (unpaired) electrons. The molecule has 5 nitrogen and oxygen atoms in total. The summed E-state index contributed by atoms with van der Waals surface area (Å²) in [6.45, 7) is 1.98. The summed E-state index contributed by atoms with van der Waals surface area (Å²) in [4.78, 5) is 39.5. The van der Waals surface area contributed by atoms with Gasteiger partial charge in [-0.05, 0) is 54.7 Å². The minimum Gasteiger partial charge on any atom is -0.326 e. The van der Waals surface area contributed by atoms with Crippen LogP contribution in [0.25, 0.3) is 0 Å². The molecule has 3 fully saturated rings. The van der Waals surface area contributed by atoms with Gasteiger partial charge in [-0.25, -0.2) is 0 Å². The molecule has 1 aromatic carbocycles. The first-order chi connectivity index (χ1) is 13.0. The zero-order valence-corrected chi connectivity index (χ0v) is 15.8. The number of nitrogens with one attached hydrogen (secondary N) is 1. The topological polar surface area (TPSA) is 66.5 Å². The van der Waals surface area contributed by atoms with Crippen molar-refractivity contribution < 1.29 is 14.4 Å². The summed E-state index contributed by atoms with van der Waals surface area (Å²) in [5.41, 5.74) is 1.45. The second-order valence-electron chi connectivity index (χ2n) is 8.19. The number of anilines is 1. The highest BCUT2D eigenvalue weighted by Gasteiger charge is 2.66. The van der Waals surface area contributed by atoms with Gasteiger partial charge in [0.05, 0.1) is 11.8 Å². The minimum absolute atomic E-state index is 0.0820. The Labute approximate surface area is 162 Å². The van der Waals surface area contributed by atoms with E-state index in [-0.39, 0.29) is 54.4 Å². The highest BCUT2D eigenvalue weighted by Crippen LogP contribution is 2.65. The molecule has 6 atom stereocenters. The van der Waals surface area contributed by atoms with E-state index in [1.165, 1.54) is 4.90 Å². The Morgan fingerprint density at radius 3 is 2.41 bits per heavy atom. The zero-order chi connectivity index (χ0) is 18.9. The summed E-state index contributed by atoms with van der Waals surface area (Å²) in [5.74, 6) is 0.828. The van der Waals surface area contributed by atoms with Gasteiger partial charge in [0.25, 0.3) is 0 Å². The number of rotatable bonds is 4. The smallest absolute Gasteiger partial charge is 0.233 e.